The molecule has 0 saturated carbocycles. The molecule has 3 unspecified atom stereocenters. The van der Waals surface area contributed by atoms with Gasteiger partial charge in [0, 0.05) is 0 Å². The van der Waals surface area contributed by atoms with Gasteiger partial charge in [0.25, 0.3) is 5.56 Å². The maximum absolute atomic E-state index is 15.1. The molecule has 0 radical (unpaired) electrons. The topological polar surface area (TPSA) is 274 Å². The third kappa shape index (κ3) is 4.91. The average molecular weight is 631 g/mol. The molecule has 226 valence electrons. The fourth-order valence-corrected chi connectivity index (χ4v) is 6.27. The van der Waals surface area contributed by atoms with Crippen molar-refractivity contribution in [2.45, 2.75) is 49.1 Å². The maximum atomic E-state index is 15.1. The Balaban J connectivity index is 1.19. The Morgan fingerprint density at radius 2 is 1.74 bits per heavy atom. The summed E-state index contributed by atoms with van der Waals surface area (Å²) in [4.78, 5) is 34.4. The lowest BCUT2D eigenvalue weighted by molar-refractivity contribution is -0.0534. The number of ether oxygens (including phenoxy) is 2. The number of thiol groups is 1. The van der Waals surface area contributed by atoms with E-state index in [4.69, 9.17) is 30.0 Å². The van der Waals surface area contributed by atoms with Gasteiger partial charge in [-0.1, -0.05) is 12.2 Å². The molecule has 0 bridgehead atoms. The number of aliphatic hydroxyl groups excluding tert-OH is 3. The van der Waals surface area contributed by atoms with Crippen molar-refractivity contribution >= 4 is 53.1 Å². The number of imidazole rings is 2. The van der Waals surface area contributed by atoms with Crippen molar-refractivity contribution in [3.63, 3.8) is 0 Å². The average Bonchev–Trinajstić information content (AvgIpc) is 3.69. The summed E-state index contributed by atoms with van der Waals surface area (Å²) >= 11 is 3.96. The normalized spacial score (nSPS) is 31.3. The second kappa shape index (κ2) is 10.8. The van der Waals surface area contributed by atoms with Gasteiger partial charge in [-0.2, -0.15) is 4.98 Å². The number of hydrogen-bond donors (Lipinski definition) is 7. The third-order valence-electron chi connectivity index (χ3n) is 6.83. The standard InChI is InChI=1S/C20H24FN10O9PS/c21-8-11(33)7(39-18(8)30-4-26-9-14(22)24-3-25-15(9)30)2-37-41(36,42)40-13-12(34)6(1-32)38-19(13)31-5-27-10-16(31)28-20(23)29-17(10)35/h3-8,11-13,18-19,32-34H,1-2H2,(H,36,42)(H2,22,24,25)(H3,23,28,29,35)/t6-,7-,8?,11+,12?,13?,18-,19-,41-/m1/s1. The fourth-order valence-electron chi connectivity index (χ4n) is 4.81. The number of nitrogens with one attached hydrogen (secondary N) is 1. The number of nitrogen functional groups attached to an aromatic ring is 2. The zero-order chi connectivity index (χ0) is 29.9. The van der Waals surface area contributed by atoms with Crippen LogP contribution in [0.5, 0.6) is 0 Å². The lowest BCUT2D eigenvalue weighted by Crippen LogP contribution is -2.35. The summed E-state index contributed by atoms with van der Waals surface area (Å²) in [6.45, 7) is -5.71. The van der Waals surface area contributed by atoms with Crippen molar-refractivity contribution in [2.75, 3.05) is 24.7 Å². The Kier molecular flexibility index (Phi) is 7.40. The number of anilines is 2. The number of fused-ring (bicyclic) bond motifs is 2. The summed E-state index contributed by atoms with van der Waals surface area (Å²) in [5.41, 5.74) is 11.0. The highest BCUT2D eigenvalue weighted by atomic mass is 32.7. The van der Waals surface area contributed by atoms with E-state index in [2.05, 4.69) is 42.2 Å². The van der Waals surface area contributed by atoms with E-state index in [9.17, 15) is 24.7 Å². The Morgan fingerprint density at radius 3 is 2.48 bits per heavy atom. The molecule has 2 saturated heterocycles. The summed E-state index contributed by atoms with van der Waals surface area (Å²) in [7, 11) is 0. The first kappa shape index (κ1) is 28.8. The van der Waals surface area contributed by atoms with E-state index in [1.807, 2.05) is 0 Å². The number of aliphatic hydroxyl groups is 3. The van der Waals surface area contributed by atoms with E-state index in [-0.39, 0.29) is 34.1 Å². The number of aromatic nitrogens is 8. The molecule has 0 aliphatic carbocycles. The van der Waals surface area contributed by atoms with E-state index in [0.717, 1.165) is 12.7 Å². The van der Waals surface area contributed by atoms with E-state index in [0.29, 0.717) is 0 Å². The van der Waals surface area contributed by atoms with Gasteiger partial charge in [-0.05, 0) is 0 Å². The van der Waals surface area contributed by atoms with Crippen LogP contribution in [0.25, 0.3) is 22.3 Å². The Labute approximate surface area is 238 Å². The molecule has 2 aliphatic heterocycles. The highest BCUT2D eigenvalue weighted by Crippen LogP contribution is 2.57. The van der Waals surface area contributed by atoms with Crippen LogP contribution in [-0.4, -0.2) is 104 Å². The first-order valence-corrected chi connectivity index (χ1v) is 14.9. The molecular weight excluding hydrogens is 606 g/mol. The fraction of sp³-hybridized carbons (Fsp3) is 0.500. The van der Waals surface area contributed by atoms with Crippen molar-refractivity contribution < 1.29 is 42.8 Å². The van der Waals surface area contributed by atoms with Gasteiger partial charge in [0.15, 0.2) is 41.3 Å². The molecule has 0 aromatic carbocycles. The minimum Gasteiger partial charge on any atom is -0.394 e. The molecule has 19 nitrogen and oxygen atoms in total. The zero-order valence-electron chi connectivity index (χ0n) is 21.1. The lowest BCUT2D eigenvalue weighted by Gasteiger charge is -2.25. The highest BCUT2D eigenvalue weighted by molar-refractivity contribution is 8.44. The molecule has 0 amide bonds. The van der Waals surface area contributed by atoms with Gasteiger partial charge in [-0.25, -0.2) is 28.9 Å². The molecule has 9 atom stereocenters. The van der Waals surface area contributed by atoms with Crippen LogP contribution < -0.4 is 17.0 Å². The molecule has 22 heteroatoms. The summed E-state index contributed by atoms with van der Waals surface area (Å²) in [6, 6.07) is 0. The van der Waals surface area contributed by atoms with Crippen LogP contribution in [0.4, 0.5) is 16.2 Å². The number of nitrogens with two attached hydrogens (primary N) is 2. The van der Waals surface area contributed by atoms with Crippen LogP contribution in [0.3, 0.4) is 0 Å². The Bertz CT molecular complexity index is 1740. The molecule has 2 aliphatic rings. The van der Waals surface area contributed by atoms with E-state index in [1.165, 1.54) is 15.5 Å². The highest BCUT2D eigenvalue weighted by Gasteiger charge is 2.50. The van der Waals surface area contributed by atoms with Gasteiger partial charge in [-0.15, -0.1) is 0 Å². The van der Waals surface area contributed by atoms with Crippen molar-refractivity contribution in [2.24, 2.45) is 0 Å². The van der Waals surface area contributed by atoms with E-state index < -0.39 is 74.7 Å². The zero-order valence-corrected chi connectivity index (χ0v) is 22.9. The van der Waals surface area contributed by atoms with E-state index >= 15 is 4.39 Å². The number of alkyl halides is 1. The monoisotopic (exact) mass is 630 g/mol. The Morgan fingerprint density at radius 1 is 1.05 bits per heavy atom. The second-order valence-electron chi connectivity index (χ2n) is 9.43. The smallest absolute Gasteiger partial charge is 0.386 e. The summed E-state index contributed by atoms with van der Waals surface area (Å²) < 4.78 is 52.9. The van der Waals surface area contributed by atoms with Crippen molar-refractivity contribution in [1.29, 1.82) is 0 Å². The van der Waals surface area contributed by atoms with Crippen molar-refractivity contribution in [3.05, 3.63) is 29.3 Å². The lowest BCUT2D eigenvalue weighted by atomic mass is 10.1. The molecule has 4 aromatic rings. The summed E-state index contributed by atoms with van der Waals surface area (Å²) in [5.74, 6) is -0.165. The molecular formula is C20H24FN10O9PS. The molecule has 0 spiro atoms. The van der Waals surface area contributed by atoms with Gasteiger partial charge < -0.3 is 36.3 Å². The summed E-state index contributed by atoms with van der Waals surface area (Å²) in [5, 5.41) is 30.9. The van der Waals surface area contributed by atoms with Crippen LogP contribution in [0.15, 0.2) is 23.8 Å². The quantitative estimate of drug-likeness (QED) is 0.0854. The van der Waals surface area contributed by atoms with Gasteiger partial charge in [0.2, 0.25) is 5.95 Å². The predicted molar refractivity (Wildman–Crippen MR) is 142 cm³/mol. The van der Waals surface area contributed by atoms with Gasteiger partial charge in [0.1, 0.15) is 42.4 Å². The minimum atomic E-state index is -4.40. The van der Waals surface area contributed by atoms with Gasteiger partial charge in [-0.3, -0.25) is 28.0 Å². The molecule has 2 fully saturated rings. The van der Waals surface area contributed by atoms with E-state index in [1.54, 1.807) is 0 Å². The first-order chi connectivity index (χ1) is 20.0. The van der Waals surface area contributed by atoms with Crippen LogP contribution in [0, 0.1) is 0 Å². The third-order valence-corrected chi connectivity index (χ3v) is 8.44. The van der Waals surface area contributed by atoms with Crippen LogP contribution >= 0.6 is 19.0 Å². The number of H-pyrrole nitrogens is 1. The van der Waals surface area contributed by atoms with Crippen LogP contribution in [0.1, 0.15) is 12.5 Å². The minimum absolute atomic E-state index is 0.0443. The molecule has 4 aromatic heterocycles. The number of nitrogens with zero attached hydrogens (tertiary/aromatic N) is 7. The number of halogens is 1. The number of hydrogen-bond acceptors (Lipinski definition) is 16. The van der Waals surface area contributed by atoms with Crippen molar-refractivity contribution in [1.82, 2.24) is 39.0 Å². The summed E-state index contributed by atoms with van der Waals surface area (Å²) in [6.07, 6.45) is -8.45. The number of rotatable bonds is 8. The second-order valence-corrected chi connectivity index (χ2v) is 12.3. The molecule has 42 heavy (non-hydrogen) atoms. The molecule has 8 N–H and O–H groups in total. The van der Waals surface area contributed by atoms with Gasteiger partial charge >= 0.3 is 6.80 Å². The predicted octanol–water partition coefficient (Wildman–Crippen LogP) is -1.59. The van der Waals surface area contributed by atoms with Crippen molar-refractivity contribution in [3.8, 4) is 0 Å². The molecule has 6 heterocycles. The molecule has 6 rings (SSSR count). The largest absolute Gasteiger partial charge is 0.394 e. The maximum Gasteiger partial charge on any atom is 0.386 e. The number of aromatic amines is 1. The van der Waals surface area contributed by atoms with Gasteiger partial charge in [0.05, 0.1) is 25.9 Å². The first-order valence-electron chi connectivity index (χ1n) is 12.2. The van der Waals surface area contributed by atoms with Crippen LogP contribution in [-0.2, 0) is 23.1 Å². The SMILES string of the molecule is Nc1nc2c(ncn2[C@@H]2O[C@H](CO)C(O)C2O[P@](=O)(S)OC[C@H]2O[C@@H](n3cnc4c(N)ncnc43)C(F)[C@H]2O)c(=O)[nH]1. The van der Waals surface area contributed by atoms with Crippen LogP contribution in [0.2, 0.25) is 0 Å². The Hall–Kier alpha value is -3.27.